The van der Waals surface area contributed by atoms with E-state index in [9.17, 15) is 19.4 Å². The Bertz CT molecular complexity index is 1960. The number of carbonyl (C=O) groups excluding carboxylic acids is 1. The molecular formula is C40H53N2O9PS2. The number of ether oxygens (including phenoxy) is 3. The Balaban J connectivity index is 1.53. The second-order valence-electron chi connectivity index (χ2n) is 15.5. The maximum absolute atomic E-state index is 13.5. The molecule has 3 heterocycles. The van der Waals surface area contributed by atoms with Crippen molar-refractivity contribution < 1.29 is 42.6 Å². The molecule has 1 aromatic heterocycles. The fourth-order valence-electron chi connectivity index (χ4n) is 6.33. The maximum atomic E-state index is 13.5. The highest BCUT2D eigenvalue weighted by Gasteiger charge is 2.35. The standard InChI is InChI=1S/C40H53N2O9PS2/c1-23(2)14-16-39(6,7)19-24(3)15-17-40(8,9)20-28-12-13-29-25(4)33(35(47-10)36(48-11)34(29)50-28)51-52(45,46)49-22-27-21-41-26(5)32(43)30(27)18-31-37(44)42-38(53)54-31/h12-15,18,21,28,43H,16-17,19-20,22H2,1-11H3,(H,45,46)(H,42,44,53)/b24-15+,31-18-. The van der Waals surface area contributed by atoms with Crippen molar-refractivity contribution in [3.05, 3.63) is 68.4 Å². The van der Waals surface area contributed by atoms with Crippen molar-refractivity contribution in [1.29, 1.82) is 0 Å². The number of thiocarbonyl (C=S) groups is 1. The molecule has 1 aromatic carbocycles. The molecule has 0 radical (unpaired) electrons. The highest BCUT2D eigenvalue weighted by molar-refractivity contribution is 8.26. The van der Waals surface area contributed by atoms with Crippen molar-refractivity contribution in [2.75, 3.05) is 14.2 Å². The number of phosphoric ester groups is 1. The van der Waals surface area contributed by atoms with Crippen molar-refractivity contribution in [2.45, 2.75) is 101 Å². The zero-order valence-electron chi connectivity index (χ0n) is 33.0. The van der Waals surface area contributed by atoms with Crippen molar-refractivity contribution in [1.82, 2.24) is 10.3 Å². The molecular weight excluding hydrogens is 748 g/mol. The van der Waals surface area contributed by atoms with Gasteiger partial charge in [0.15, 0.2) is 11.5 Å². The average molecular weight is 801 g/mol. The van der Waals surface area contributed by atoms with Gasteiger partial charge in [-0.3, -0.25) is 19.2 Å². The third kappa shape index (κ3) is 11.0. The third-order valence-electron chi connectivity index (χ3n) is 9.21. The number of carbonyl (C=O) groups is 1. The van der Waals surface area contributed by atoms with Gasteiger partial charge < -0.3 is 29.2 Å². The van der Waals surface area contributed by atoms with Gasteiger partial charge in [-0.05, 0) is 83.3 Å². The first-order chi connectivity index (χ1) is 25.2. The van der Waals surface area contributed by atoms with Crippen LogP contribution in [0.2, 0.25) is 0 Å². The largest absolute Gasteiger partial charge is 0.527 e. The summed E-state index contributed by atoms with van der Waals surface area (Å²) in [6.45, 7) is 18.4. The molecule has 2 aliphatic rings. The number of hydrogen-bond acceptors (Lipinski definition) is 11. The van der Waals surface area contributed by atoms with E-state index >= 15 is 0 Å². The fourth-order valence-corrected chi connectivity index (χ4v) is 8.16. The smallest absolute Gasteiger partial charge is 0.505 e. The lowest BCUT2D eigenvalue weighted by molar-refractivity contribution is -0.115. The second-order valence-corrected chi connectivity index (χ2v) is 18.6. The molecule has 0 spiro atoms. The molecule has 2 aliphatic heterocycles. The highest BCUT2D eigenvalue weighted by Crippen LogP contribution is 2.57. The Labute approximate surface area is 328 Å². The van der Waals surface area contributed by atoms with E-state index in [4.69, 9.17) is 35.5 Å². The number of benzene rings is 1. The number of allylic oxidation sites excluding steroid dienone is 4. The summed E-state index contributed by atoms with van der Waals surface area (Å²) in [6.07, 6.45) is 14.8. The molecule has 2 unspecified atom stereocenters. The normalized spacial score (nSPS) is 17.8. The van der Waals surface area contributed by atoms with Gasteiger partial charge in [-0.15, -0.1) is 0 Å². The number of aromatic nitrogens is 1. The molecule has 3 N–H and O–H groups in total. The van der Waals surface area contributed by atoms with Crippen LogP contribution in [0.3, 0.4) is 0 Å². The molecule has 54 heavy (non-hydrogen) atoms. The van der Waals surface area contributed by atoms with Gasteiger partial charge in [0.2, 0.25) is 11.5 Å². The first-order valence-electron chi connectivity index (χ1n) is 17.7. The van der Waals surface area contributed by atoms with Crippen molar-refractivity contribution in [3.8, 4) is 28.7 Å². The summed E-state index contributed by atoms with van der Waals surface area (Å²) < 4.78 is 42.8. The number of nitrogens with zero attached hydrogens (tertiary/aromatic N) is 1. The summed E-state index contributed by atoms with van der Waals surface area (Å²) in [5.41, 5.74) is 4.62. The first-order valence-corrected chi connectivity index (χ1v) is 20.4. The van der Waals surface area contributed by atoms with Gasteiger partial charge in [0, 0.05) is 28.5 Å². The van der Waals surface area contributed by atoms with E-state index in [0.717, 1.165) is 37.4 Å². The zero-order valence-corrected chi connectivity index (χ0v) is 35.6. The number of aromatic hydroxyl groups is 1. The van der Waals surface area contributed by atoms with E-state index in [0.29, 0.717) is 22.6 Å². The summed E-state index contributed by atoms with van der Waals surface area (Å²) >= 11 is 6.10. The van der Waals surface area contributed by atoms with Crippen LogP contribution in [0.5, 0.6) is 28.7 Å². The van der Waals surface area contributed by atoms with E-state index < -0.39 is 20.3 Å². The monoisotopic (exact) mass is 800 g/mol. The van der Waals surface area contributed by atoms with Crippen LogP contribution in [0.25, 0.3) is 12.2 Å². The average Bonchev–Trinajstić information content (AvgIpc) is 3.40. The lowest BCUT2D eigenvalue weighted by atomic mass is 9.79. The highest BCUT2D eigenvalue weighted by atomic mass is 32.2. The van der Waals surface area contributed by atoms with E-state index in [-0.39, 0.29) is 60.3 Å². The molecule has 0 saturated carbocycles. The number of amides is 1. The maximum Gasteiger partial charge on any atom is 0.527 e. The Kier molecular flexibility index (Phi) is 13.9. The van der Waals surface area contributed by atoms with Crippen molar-refractivity contribution in [2.24, 2.45) is 10.8 Å². The van der Waals surface area contributed by atoms with Crippen LogP contribution in [0, 0.1) is 24.7 Å². The molecule has 0 bridgehead atoms. The van der Waals surface area contributed by atoms with Gasteiger partial charge in [-0.2, -0.15) is 0 Å². The molecule has 1 fully saturated rings. The molecule has 11 nitrogen and oxygen atoms in total. The number of thioether (sulfide) groups is 1. The number of pyridine rings is 1. The van der Waals surface area contributed by atoms with Crippen LogP contribution in [0.1, 0.15) is 102 Å². The van der Waals surface area contributed by atoms with Gasteiger partial charge in [0.1, 0.15) is 16.2 Å². The molecule has 1 amide bonds. The predicted molar refractivity (Wildman–Crippen MR) is 219 cm³/mol. The first kappa shape index (κ1) is 43.1. The lowest BCUT2D eigenvalue weighted by Crippen LogP contribution is -2.26. The Morgan fingerprint density at radius 3 is 2.35 bits per heavy atom. The third-order valence-corrected chi connectivity index (χ3v) is 11.2. The Morgan fingerprint density at radius 1 is 1.07 bits per heavy atom. The number of fused-ring (bicyclic) bond motifs is 1. The summed E-state index contributed by atoms with van der Waals surface area (Å²) in [5.74, 6) is 0.0215. The zero-order chi connectivity index (χ0) is 40.2. The van der Waals surface area contributed by atoms with E-state index in [2.05, 4.69) is 70.9 Å². The molecule has 0 aliphatic carbocycles. The van der Waals surface area contributed by atoms with Crippen LogP contribution in [0.15, 0.2) is 40.5 Å². The van der Waals surface area contributed by atoms with E-state index in [1.807, 2.05) is 12.2 Å². The van der Waals surface area contributed by atoms with Gasteiger partial charge >= 0.3 is 7.82 Å². The Hall–Kier alpha value is -3.61. The quantitative estimate of drug-likeness (QED) is 0.0643. The number of aryl methyl sites for hydroxylation is 1. The molecule has 2 aromatic rings. The molecule has 14 heteroatoms. The molecule has 1 saturated heterocycles. The van der Waals surface area contributed by atoms with E-state index in [1.54, 1.807) is 13.8 Å². The number of nitrogens with one attached hydrogen (secondary N) is 1. The van der Waals surface area contributed by atoms with Gasteiger partial charge in [-0.25, -0.2) is 4.57 Å². The van der Waals surface area contributed by atoms with Crippen LogP contribution in [0.4, 0.5) is 0 Å². The fraction of sp³-hybridized carbons (Fsp3) is 0.475. The number of hydrogen-bond donors (Lipinski definition) is 3. The van der Waals surface area contributed by atoms with Crippen LogP contribution in [-0.2, 0) is 20.5 Å². The lowest BCUT2D eigenvalue weighted by Gasteiger charge is -2.32. The summed E-state index contributed by atoms with van der Waals surface area (Å²) in [6, 6.07) is 0. The summed E-state index contributed by atoms with van der Waals surface area (Å²) in [4.78, 5) is 27.7. The molecule has 294 valence electrons. The van der Waals surface area contributed by atoms with E-state index in [1.165, 1.54) is 37.6 Å². The minimum atomic E-state index is -4.84. The van der Waals surface area contributed by atoms with Crippen molar-refractivity contribution in [3.63, 3.8) is 0 Å². The summed E-state index contributed by atoms with van der Waals surface area (Å²) in [7, 11) is -1.98. The van der Waals surface area contributed by atoms with Crippen molar-refractivity contribution >= 4 is 54.2 Å². The predicted octanol–water partition coefficient (Wildman–Crippen LogP) is 9.91. The van der Waals surface area contributed by atoms with Crippen LogP contribution in [-0.4, -0.2) is 45.5 Å². The minimum absolute atomic E-state index is 0.0566. The number of methoxy groups -OCH3 is 2. The van der Waals surface area contributed by atoms with Crippen LogP contribution >= 0.6 is 31.8 Å². The van der Waals surface area contributed by atoms with Crippen LogP contribution < -0.4 is 24.1 Å². The topological polar surface area (TPSA) is 146 Å². The van der Waals surface area contributed by atoms with Gasteiger partial charge in [0.05, 0.1) is 31.4 Å². The minimum Gasteiger partial charge on any atom is -0.505 e. The van der Waals surface area contributed by atoms with Gasteiger partial charge in [-0.1, -0.05) is 81.0 Å². The number of rotatable bonds is 16. The number of phosphoric acid groups is 1. The SMILES string of the molecule is COc1c(OP(=O)(O)OCc2cnc(C)c(O)c2/C=C2\SC(=S)NC2=O)c(C)c2c(c1OC)OC(CC(C)(C)C/C=C(\C)CC(C)(C)CC=C(C)C)C=C2. The van der Waals surface area contributed by atoms with Gasteiger partial charge in [0.25, 0.3) is 5.91 Å². The molecule has 4 rings (SSSR count). The summed E-state index contributed by atoms with van der Waals surface area (Å²) in [5, 5.41) is 13.3. The molecule has 2 atom stereocenters. The Morgan fingerprint density at radius 2 is 1.74 bits per heavy atom. The second kappa shape index (κ2) is 17.5.